The zero-order valence-corrected chi connectivity index (χ0v) is 22.1. The first kappa shape index (κ1) is 31.9. The largest absolute Gasteiger partial charge is 0.464 e. The SMILES string of the molecule is CCCCCCCCCCCCCCCCCCCC(=O)N[C@@H](CCCCN)C(=O)OCC. The first-order valence-electron chi connectivity index (χ1n) is 14.3. The third kappa shape index (κ3) is 22.5. The van der Waals surface area contributed by atoms with Gasteiger partial charge >= 0.3 is 5.97 Å². The monoisotopic (exact) mass is 468 g/mol. The number of ether oxygens (including phenoxy) is 1. The molecule has 0 fully saturated rings. The minimum atomic E-state index is -0.533. The van der Waals surface area contributed by atoms with Crippen LogP contribution in [0, 0.1) is 0 Å². The van der Waals surface area contributed by atoms with Crippen LogP contribution in [-0.2, 0) is 14.3 Å². The van der Waals surface area contributed by atoms with Crippen LogP contribution in [-0.4, -0.2) is 31.1 Å². The molecule has 0 aromatic carbocycles. The van der Waals surface area contributed by atoms with Crippen molar-refractivity contribution in [1.29, 1.82) is 0 Å². The predicted molar refractivity (Wildman–Crippen MR) is 140 cm³/mol. The van der Waals surface area contributed by atoms with Crippen LogP contribution >= 0.6 is 0 Å². The van der Waals surface area contributed by atoms with Crippen LogP contribution in [0.1, 0.15) is 149 Å². The molecule has 5 heteroatoms. The van der Waals surface area contributed by atoms with Crippen LogP contribution in [0.25, 0.3) is 0 Å². The highest BCUT2D eigenvalue weighted by atomic mass is 16.5. The fraction of sp³-hybridized carbons (Fsp3) is 0.929. The van der Waals surface area contributed by atoms with Crippen molar-refractivity contribution in [1.82, 2.24) is 5.32 Å². The van der Waals surface area contributed by atoms with Crippen molar-refractivity contribution in [2.45, 2.75) is 155 Å². The van der Waals surface area contributed by atoms with E-state index in [0.29, 0.717) is 26.0 Å². The molecule has 0 aliphatic carbocycles. The molecule has 5 nitrogen and oxygen atoms in total. The van der Waals surface area contributed by atoms with Gasteiger partial charge in [0, 0.05) is 6.42 Å². The number of nitrogens with two attached hydrogens (primary N) is 1. The highest BCUT2D eigenvalue weighted by Crippen LogP contribution is 2.14. The quantitative estimate of drug-likeness (QED) is 0.110. The van der Waals surface area contributed by atoms with E-state index in [1.54, 1.807) is 6.92 Å². The van der Waals surface area contributed by atoms with E-state index >= 15 is 0 Å². The van der Waals surface area contributed by atoms with E-state index < -0.39 is 6.04 Å². The zero-order chi connectivity index (χ0) is 24.4. The molecule has 0 heterocycles. The number of carbonyl (C=O) groups excluding carboxylic acids is 2. The summed E-state index contributed by atoms with van der Waals surface area (Å²) < 4.78 is 5.09. The van der Waals surface area contributed by atoms with E-state index in [1.165, 1.54) is 96.3 Å². The summed E-state index contributed by atoms with van der Waals surface area (Å²) in [4.78, 5) is 24.2. The molecule has 0 bridgehead atoms. The summed E-state index contributed by atoms with van der Waals surface area (Å²) in [6.07, 6.45) is 25.3. The molecule has 33 heavy (non-hydrogen) atoms. The van der Waals surface area contributed by atoms with Gasteiger partial charge in [-0.05, 0) is 39.2 Å². The third-order valence-electron chi connectivity index (χ3n) is 6.36. The lowest BCUT2D eigenvalue weighted by Gasteiger charge is -2.17. The van der Waals surface area contributed by atoms with E-state index in [2.05, 4.69) is 12.2 Å². The van der Waals surface area contributed by atoms with Gasteiger partial charge in [0.2, 0.25) is 5.91 Å². The van der Waals surface area contributed by atoms with Crippen LogP contribution in [0.15, 0.2) is 0 Å². The van der Waals surface area contributed by atoms with E-state index in [1.807, 2.05) is 0 Å². The number of hydrogen-bond donors (Lipinski definition) is 2. The number of esters is 1. The van der Waals surface area contributed by atoms with E-state index in [9.17, 15) is 9.59 Å². The van der Waals surface area contributed by atoms with Gasteiger partial charge < -0.3 is 15.8 Å². The summed E-state index contributed by atoms with van der Waals surface area (Å²) in [5.41, 5.74) is 5.52. The van der Waals surface area contributed by atoms with Crippen molar-refractivity contribution in [2.24, 2.45) is 5.73 Å². The normalized spacial score (nSPS) is 12.0. The second-order valence-electron chi connectivity index (χ2n) is 9.56. The summed E-state index contributed by atoms with van der Waals surface area (Å²) >= 11 is 0. The predicted octanol–water partition coefficient (Wildman–Crippen LogP) is 7.21. The van der Waals surface area contributed by atoms with Gasteiger partial charge in [0.05, 0.1) is 6.61 Å². The molecule has 0 unspecified atom stereocenters. The molecule has 0 radical (unpaired) electrons. The van der Waals surface area contributed by atoms with Crippen molar-refractivity contribution in [2.75, 3.05) is 13.2 Å². The Bertz CT molecular complexity index is 443. The molecule has 0 saturated carbocycles. The summed E-state index contributed by atoms with van der Waals surface area (Å²) in [5.74, 6) is -0.368. The number of carbonyl (C=O) groups is 2. The van der Waals surface area contributed by atoms with Crippen molar-refractivity contribution < 1.29 is 14.3 Å². The van der Waals surface area contributed by atoms with Crippen LogP contribution in [0.3, 0.4) is 0 Å². The lowest BCUT2D eigenvalue weighted by molar-refractivity contribution is -0.147. The Morgan fingerprint density at radius 2 is 1.12 bits per heavy atom. The average molecular weight is 469 g/mol. The van der Waals surface area contributed by atoms with Gasteiger partial charge in [-0.25, -0.2) is 4.79 Å². The number of rotatable bonds is 25. The van der Waals surface area contributed by atoms with Gasteiger partial charge in [-0.3, -0.25) is 4.79 Å². The Hall–Kier alpha value is -1.10. The molecule has 0 aromatic rings. The summed E-state index contributed by atoms with van der Waals surface area (Å²) in [7, 11) is 0. The topological polar surface area (TPSA) is 81.4 Å². The lowest BCUT2D eigenvalue weighted by atomic mass is 10.0. The molecule has 196 valence electrons. The minimum absolute atomic E-state index is 0.0400. The van der Waals surface area contributed by atoms with Crippen LogP contribution < -0.4 is 11.1 Å². The molecule has 0 saturated heterocycles. The Kier molecular flexibility index (Phi) is 24.7. The molecular weight excluding hydrogens is 412 g/mol. The second-order valence-corrected chi connectivity index (χ2v) is 9.56. The maximum absolute atomic E-state index is 12.2. The second kappa shape index (κ2) is 25.5. The number of unbranched alkanes of at least 4 members (excludes halogenated alkanes) is 17. The molecule has 0 aliphatic rings. The smallest absolute Gasteiger partial charge is 0.328 e. The summed E-state index contributed by atoms with van der Waals surface area (Å²) in [6, 6.07) is -0.533. The van der Waals surface area contributed by atoms with Crippen molar-refractivity contribution in [3.8, 4) is 0 Å². The Morgan fingerprint density at radius 3 is 1.55 bits per heavy atom. The third-order valence-corrected chi connectivity index (χ3v) is 6.36. The maximum Gasteiger partial charge on any atom is 0.328 e. The minimum Gasteiger partial charge on any atom is -0.464 e. The lowest BCUT2D eigenvalue weighted by Crippen LogP contribution is -2.41. The summed E-state index contributed by atoms with van der Waals surface area (Å²) in [6.45, 7) is 5.00. The van der Waals surface area contributed by atoms with Crippen molar-refractivity contribution in [3.63, 3.8) is 0 Å². The maximum atomic E-state index is 12.2. The highest BCUT2D eigenvalue weighted by molar-refractivity contribution is 5.84. The van der Waals surface area contributed by atoms with E-state index in [-0.39, 0.29) is 11.9 Å². The van der Waals surface area contributed by atoms with Crippen LogP contribution in [0.5, 0.6) is 0 Å². The molecule has 1 amide bonds. The van der Waals surface area contributed by atoms with Gasteiger partial charge in [-0.2, -0.15) is 0 Å². The highest BCUT2D eigenvalue weighted by Gasteiger charge is 2.21. The first-order chi connectivity index (χ1) is 16.2. The Labute approximate surface area is 205 Å². The average Bonchev–Trinajstić information content (AvgIpc) is 2.80. The number of amides is 1. The van der Waals surface area contributed by atoms with Gasteiger partial charge in [-0.1, -0.05) is 110 Å². The number of hydrogen-bond acceptors (Lipinski definition) is 4. The molecule has 0 aromatic heterocycles. The standard InChI is InChI=1S/C28H56N2O3/c1-3-5-6-7-8-9-10-11-12-13-14-15-16-17-18-19-20-24-27(31)30-26(23-21-22-25-29)28(32)33-4-2/h26H,3-25,29H2,1-2H3,(H,30,31)/t26-/m0/s1. The van der Waals surface area contributed by atoms with Crippen LogP contribution in [0.2, 0.25) is 0 Å². The van der Waals surface area contributed by atoms with Gasteiger partial charge in [0.1, 0.15) is 6.04 Å². The van der Waals surface area contributed by atoms with Gasteiger partial charge in [-0.15, -0.1) is 0 Å². The number of nitrogens with one attached hydrogen (secondary N) is 1. The first-order valence-corrected chi connectivity index (χ1v) is 14.3. The summed E-state index contributed by atoms with van der Waals surface area (Å²) in [5, 5.41) is 2.86. The van der Waals surface area contributed by atoms with E-state index in [0.717, 1.165) is 25.7 Å². The molecule has 1 atom stereocenters. The molecule has 0 rings (SSSR count). The van der Waals surface area contributed by atoms with Gasteiger partial charge in [0.15, 0.2) is 0 Å². The zero-order valence-electron chi connectivity index (χ0n) is 22.1. The van der Waals surface area contributed by atoms with Crippen molar-refractivity contribution in [3.05, 3.63) is 0 Å². The fourth-order valence-corrected chi connectivity index (χ4v) is 4.26. The fourth-order valence-electron chi connectivity index (χ4n) is 4.26. The van der Waals surface area contributed by atoms with E-state index in [4.69, 9.17) is 10.5 Å². The molecular formula is C28H56N2O3. The molecule has 0 aliphatic heterocycles. The van der Waals surface area contributed by atoms with Crippen molar-refractivity contribution >= 4 is 11.9 Å². The Morgan fingerprint density at radius 1 is 0.667 bits per heavy atom. The Balaban J connectivity index is 3.53. The molecule has 0 spiro atoms. The molecule has 3 N–H and O–H groups in total. The van der Waals surface area contributed by atoms with Crippen LogP contribution in [0.4, 0.5) is 0 Å². The van der Waals surface area contributed by atoms with Gasteiger partial charge in [0.25, 0.3) is 0 Å².